The van der Waals surface area contributed by atoms with Crippen molar-refractivity contribution >= 4 is 15.7 Å². The Labute approximate surface area is 123 Å². The molecule has 0 radical (unpaired) electrons. The third-order valence-corrected chi connectivity index (χ3v) is 5.08. The summed E-state index contributed by atoms with van der Waals surface area (Å²) in [7, 11) is -2.95. The van der Waals surface area contributed by atoms with Crippen LogP contribution < -0.4 is 10.1 Å². The van der Waals surface area contributed by atoms with E-state index in [1.807, 2.05) is 0 Å². The molecule has 1 aliphatic rings. The van der Waals surface area contributed by atoms with Crippen LogP contribution in [0.1, 0.15) is 18.4 Å². The molecule has 0 spiro atoms. The van der Waals surface area contributed by atoms with E-state index < -0.39 is 15.7 Å². The fraction of sp³-hybridized carbons (Fsp3) is 0.500. The lowest BCUT2D eigenvalue weighted by Gasteiger charge is -2.23. The molecule has 5 nitrogen and oxygen atoms in total. The van der Waals surface area contributed by atoms with Crippen LogP contribution in [0.25, 0.3) is 0 Å². The van der Waals surface area contributed by atoms with Gasteiger partial charge in [-0.05, 0) is 37.5 Å². The number of amides is 1. The van der Waals surface area contributed by atoms with Gasteiger partial charge in [0.05, 0.1) is 11.5 Å². The Hall–Kier alpha value is -1.63. The number of halogens is 1. The van der Waals surface area contributed by atoms with Crippen molar-refractivity contribution < 1.29 is 22.3 Å². The molecule has 116 valence electrons. The smallest absolute Gasteiger partial charge is 0.258 e. The molecule has 2 rings (SSSR count). The fourth-order valence-corrected chi connectivity index (χ4v) is 3.66. The van der Waals surface area contributed by atoms with Crippen molar-refractivity contribution in [2.24, 2.45) is 0 Å². The minimum atomic E-state index is -2.95. The van der Waals surface area contributed by atoms with Crippen molar-refractivity contribution in [3.63, 3.8) is 0 Å². The van der Waals surface area contributed by atoms with Crippen LogP contribution in [0.15, 0.2) is 18.2 Å². The summed E-state index contributed by atoms with van der Waals surface area (Å²) in [5.41, 5.74) is 0.837. The van der Waals surface area contributed by atoms with E-state index in [-0.39, 0.29) is 35.8 Å². The molecule has 1 saturated heterocycles. The van der Waals surface area contributed by atoms with E-state index in [4.69, 9.17) is 4.74 Å². The zero-order valence-electron chi connectivity index (χ0n) is 11.8. The predicted molar refractivity (Wildman–Crippen MR) is 76.5 cm³/mol. The maximum atomic E-state index is 13.4. The minimum Gasteiger partial charge on any atom is -0.481 e. The van der Waals surface area contributed by atoms with E-state index in [9.17, 15) is 17.6 Å². The molecule has 0 unspecified atom stereocenters. The van der Waals surface area contributed by atoms with Crippen molar-refractivity contribution in [3.05, 3.63) is 29.6 Å². The summed E-state index contributed by atoms with van der Waals surface area (Å²) < 4.78 is 41.2. The number of carbonyl (C=O) groups is 1. The highest BCUT2D eigenvalue weighted by atomic mass is 32.2. The second kappa shape index (κ2) is 6.43. The number of hydrogen-bond acceptors (Lipinski definition) is 4. The molecule has 0 aliphatic carbocycles. The first-order valence-corrected chi connectivity index (χ1v) is 8.56. The number of sulfone groups is 1. The van der Waals surface area contributed by atoms with Gasteiger partial charge in [0.2, 0.25) is 0 Å². The molecule has 21 heavy (non-hydrogen) atoms. The molecule has 1 amide bonds. The first-order chi connectivity index (χ1) is 9.85. The van der Waals surface area contributed by atoms with Crippen LogP contribution in [0.5, 0.6) is 5.75 Å². The number of benzene rings is 1. The van der Waals surface area contributed by atoms with Gasteiger partial charge < -0.3 is 10.1 Å². The average molecular weight is 315 g/mol. The molecule has 1 aromatic rings. The molecule has 7 heteroatoms. The summed E-state index contributed by atoms with van der Waals surface area (Å²) >= 11 is 0. The van der Waals surface area contributed by atoms with Gasteiger partial charge in [-0.25, -0.2) is 12.8 Å². The quantitative estimate of drug-likeness (QED) is 0.906. The molecule has 1 aromatic carbocycles. The van der Waals surface area contributed by atoms with Gasteiger partial charge in [-0.3, -0.25) is 4.79 Å². The molecular formula is C14H18FNO4S. The summed E-state index contributed by atoms with van der Waals surface area (Å²) in [6.07, 6.45) is 0.819. The van der Waals surface area contributed by atoms with E-state index in [1.165, 1.54) is 12.1 Å². The topological polar surface area (TPSA) is 72.5 Å². The molecular weight excluding hydrogens is 297 g/mol. The first-order valence-electron chi connectivity index (χ1n) is 6.74. The van der Waals surface area contributed by atoms with Gasteiger partial charge in [-0.1, -0.05) is 6.07 Å². The molecule has 1 N–H and O–H groups in total. The van der Waals surface area contributed by atoms with Crippen molar-refractivity contribution in [3.8, 4) is 5.75 Å². The Balaban J connectivity index is 1.81. The van der Waals surface area contributed by atoms with Crippen LogP contribution in [0, 0.1) is 12.7 Å². The monoisotopic (exact) mass is 315 g/mol. The molecule has 1 heterocycles. The van der Waals surface area contributed by atoms with Crippen molar-refractivity contribution in [1.82, 2.24) is 5.32 Å². The molecule has 1 fully saturated rings. The van der Waals surface area contributed by atoms with E-state index >= 15 is 0 Å². The number of nitrogens with one attached hydrogen (secondary N) is 1. The zero-order valence-corrected chi connectivity index (χ0v) is 12.6. The van der Waals surface area contributed by atoms with Gasteiger partial charge >= 0.3 is 0 Å². The lowest BCUT2D eigenvalue weighted by molar-refractivity contribution is -0.123. The van der Waals surface area contributed by atoms with Gasteiger partial charge in [0.25, 0.3) is 5.91 Å². The van der Waals surface area contributed by atoms with Crippen molar-refractivity contribution in [1.29, 1.82) is 0 Å². The van der Waals surface area contributed by atoms with Crippen LogP contribution in [0.3, 0.4) is 0 Å². The van der Waals surface area contributed by atoms with Crippen molar-refractivity contribution in [2.75, 3.05) is 18.1 Å². The van der Waals surface area contributed by atoms with Gasteiger partial charge in [0.15, 0.2) is 18.2 Å². The van der Waals surface area contributed by atoms with Crippen LogP contribution in [-0.4, -0.2) is 38.5 Å². The van der Waals surface area contributed by atoms with E-state index in [0.29, 0.717) is 12.8 Å². The van der Waals surface area contributed by atoms with Crippen LogP contribution in [0.2, 0.25) is 0 Å². The summed E-state index contributed by atoms with van der Waals surface area (Å²) in [5, 5.41) is 2.71. The second-order valence-corrected chi connectivity index (χ2v) is 7.52. The van der Waals surface area contributed by atoms with E-state index in [2.05, 4.69) is 5.32 Å². The molecule has 1 aliphatic heterocycles. The van der Waals surface area contributed by atoms with Crippen LogP contribution in [0.4, 0.5) is 4.39 Å². The lowest BCUT2D eigenvalue weighted by atomic mass is 10.1. The highest BCUT2D eigenvalue weighted by Crippen LogP contribution is 2.18. The third-order valence-electron chi connectivity index (χ3n) is 3.37. The Morgan fingerprint density at radius 1 is 1.38 bits per heavy atom. The first kappa shape index (κ1) is 15.8. The van der Waals surface area contributed by atoms with E-state index in [1.54, 1.807) is 13.0 Å². The van der Waals surface area contributed by atoms with Gasteiger partial charge in [0, 0.05) is 6.04 Å². The van der Waals surface area contributed by atoms with E-state index in [0.717, 1.165) is 5.56 Å². The SMILES string of the molecule is Cc1ccc(F)c(OCC(=O)NC2CCS(=O)(=O)CC2)c1. The highest BCUT2D eigenvalue weighted by Gasteiger charge is 2.24. The normalized spacial score (nSPS) is 18.2. The Morgan fingerprint density at radius 2 is 2.05 bits per heavy atom. The third kappa shape index (κ3) is 4.70. The van der Waals surface area contributed by atoms with Gasteiger partial charge in [-0.2, -0.15) is 0 Å². The fourth-order valence-electron chi connectivity index (χ4n) is 2.17. The number of hydrogen-bond donors (Lipinski definition) is 1. The Morgan fingerprint density at radius 3 is 2.71 bits per heavy atom. The average Bonchev–Trinajstić information content (AvgIpc) is 2.42. The molecule has 0 atom stereocenters. The Kier molecular flexibility index (Phi) is 4.82. The second-order valence-electron chi connectivity index (χ2n) is 5.22. The number of ether oxygens (including phenoxy) is 1. The maximum absolute atomic E-state index is 13.4. The largest absolute Gasteiger partial charge is 0.481 e. The van der Waals surface area contributed by atoms with Crippen LogP contribution >= 0.6 is 0 Å². The highest BCUT2D eigenvalue weighted by molar-refractivity contribution is 7.91. The zero-order chi connectivity index (χ0) is 15.5. The van der Waals surface area contributed by atoms with Crippen LogP contribution in [-0.2, 0) is 14.6 Å². The summed E-state index contributed by atoms with van der Waals surface area (Å²) in [4.78, 5) is 11.7. The summed E-state index contributed by atoms with van der Waals surface area (Å²) in [6.45, 7) is 1.51. The minimum absolute atomic E-state index is 0.0383. The summed E-state index contributed by atoms with van der Waals surface area (Å²) in [6, 6.07) is 4.27. The standard InChI is InChI=1S/C14H18FNO4S/c1-10-2-3-12(15)13(8-10)20-9-14(17)16-11-4-6-21(18,19)7-5-11/h2-3,8,11H,4-7,9H2,1H3,(H,16,17). The molecule has 0 saturated carbocycles. The number of aryl methyl sites for hydroxylation is 1. The Bertz CT molecular complexity index is 616. The molecule has 0 bridgehead atoms. The van der Waals surface area contributed by atoms with Gasteiger partial charge in [-0.15, -0.1) is 0 Å². The molecule has 0 aromatic heterocycles. The number of rotatable bonds is 4. The number of carbonyl (C=O) groups excluding carboxylic acids is 1. The van der Waals surface area contributed by atoms with Crippen molar-refractivity contribution in [2.45, 2.75) is 25.8 Å². The predicted octanol–water partition coefficient (Wildman–Crippen LogP) is 1.21. The summed E-state index contributed by atoms with van der Waals surface area (Å²) in [5.74, 6) is -0.676. The maximum Gasteiger partial charge on any atom is 0.258 e. The lowest BCUT2D eigenvalue weighted by Crippen LogP contribution is -2.42. The van der Waals surface area contributed by atoms with Gasteiger partial charge in [0.1, 0.15) is 9.84 Å².